The molecule has 0 radical (unpaired) electrons. The summed E-state index contributed by atoms with van der Waals surface area (Å²) in [6.07, 6.45) is 1.94. The molecular formula is C61H55BN2O2S. The van der Waals surface area contributed by atoms with Gasteiger partial charge in [0.1, 0.15) is 16.9 Å². The smallest absolute Gasteiger partial charge is 0.254 e. The van der Waals surface area contributed by atoms with Gasteiger partial charge in [-0.05, 0) is 166 Å². The van der Waals surface area contributed by atoms with E-state index in [0.29, 0.717) is 0 Å². The third-order valence-electron chi connectivity index (χ3n) is 14.5. The van der Waals surface area contributed by atoms with Gasteiger partial charge in [0, 0.05) is 43.7 Å². The van der Waals surface area contributed by atoms with Crippen LogP contribution in [0.25, 0.3) is 54.5 Å². The fourth-order valence-corrected chi connectivity index (χ4v) is 12.5. The number of furan rings is 2. The monoisotopic (exact) mass is 890 g/mol. The summed E-state index contributed by atoms with van der Waals surface area (Å²) >= 11 is 1.93. The number of fused-ring (bicyclic) bond motifs is 8. The van der Waals surface area contributed by atoms with E-state index in [-0.39, 0.29) is 17.5 Å². The number of rotatable bonds is 4. The molecule has 10 aromatic rings. The Bertz CT molecular complexity index is 3620. The second-order valence-corrected chi connectivity index (χ2v) is 22.4. The topological polar surface area (TPSA) is 32.8 Å². The average molecular weight is 891 g/mol. The fraction of sp³-hybridized carbons (Fsp3) is 0.213. The Morgan fingerprint density at radius 1 is 0.522 bits per heavy atom. The van der Waals surface area contributed by atoms with Gasteiger partial charge in [-0.1, -0.05) is 114 Å². The van der Waals surface area contributed by atoms with Crippen LogP contribution >= 0.6 is 11.3 Å². The van der Waals surface area contributed by atoms with Gasteiger partial charge in [0.15, 0.2) is 0 Å². The zero-order valence-corrected chi connectivity index (χ0v) is 41.2. The fourth-order valence-electron chi connectivity index (χ4n) is 11.3. The second kappa shape index (κ2) is 14.6. The molecule has 67 heavy (non-hydrogen) atoms. The molecule has 0 amide bonds. The van der Waals surface area contributed by atoms with Gasteiger partial charge in [0.05, 0.1) is 22.6 Å². The Labute approximate surface area is 398 Å². The highest BCUT2D eigenvalue weighted by molar-refractivity contribution is 7.26. The lowest BCUT2D eigenvalue weighted by atomic mass is 9.33. The first kappa shape index (κ1) is 41.7. The van der Waals surface area contributed by atoms with Crippen molar-refractivity contribution in [3.05, 3.63) is 173 Å². The van der Waals surface area contributed by atoms with Crippen molar-refractivity contribution in [2.24, 2.45) is 0 Å². The summed E-state index contributed by atoms with van der Waals surface area (Å²) in [6, 6.07) is 47.7. The van der Waals surface area contributed by atoms with Crippen molar-refractivity contribution in [1.29, 1.82) is 0 Å². The van der Waals surface area contributed by atoms with E-state index in [1.807, 2.05) is 29.7 Å². The molecule has 0 atom stereocenters. The van der Waals surface area contributed by atoms with Gasteiger partial charge >= 0.3 is 0 Å². The molecule has 0 N–H and O–H groups in total. The van der Waals surface area contributed by atoms with Gasteiger partial charge in [-0.25, -0.2) is 0 Å². The minimum atomic E-state index is -0.0212. The zero-order chi connectivity index (χ0) is 46.4. The maximum atomic E-state index is 6.47. The molecule has 4 nitrogen and oxygen atoms in total. The third kappa shape index (κ3) is 6.39. The first-order valence-corrected chi connectivity index (χ1v) is 24.5. The number of aryl methyl sites for hydroxylation is 5. The minimum absolute atomic E-state index is 0.00938. The average Bonchev–Trinajstić information content (AvgIpc) is 4.02. The third-order valence-corrected chi connectivity index (χ3v) is 15.7. The van der Waals surface area contributed by atoms with Crippen LogP contribution in [-0.2, 0) is 10.8 Å². The number of thiophene rings is 1. The first-order chi connectivity index (χ1) is 32.0. The number of nitrogens with zero attached hydrogens (tertiary/aromatic N) is 2. The maximum Gasteiger partial charge on any atom is 0.254 e. The molecule has 0 aliphatic carbocycles. The highest BCUT2D eigenvalue weighted by Gasteiger charge is 2.46. The van der Waals surface area contributed by atoms with Crippen molar-refractivity contribution >= 4 is 99.9 Å². The Morgan fingerprint density at radius 3 is 1.87 bits per heavy atom. The summed E-state index contributed by atoms with van der Waals surface area (Å²) < 4.78 is 14.0. The molecule has 2 aliphatic rings. The molecule has 3 aromatic heterocycles. The molecule has 0 fully saturated rings. The van der Waals surface area contributed by atoms with Crippen molar-refractivity contribution in [3.63, 3.8) is 0 Å². The van der Waals surface area contributed by atoms with E-state index in [2.05, 4.69) is 201 Å². The Hall–Kier alpha value is -6.76. The molecular weight excluding hydrogens is 836 g/mol. The van der Waals surface area contributed by atoms with Crippen LogP contribution in [0, 0.1) is 34.6 Å². The molecule has 7 aromatic carbocycles. The van der Waals surface area contributed by atoms with Crippen LogP contribution in [0.15, 0.2) is 142 Å². The van der Waals surface area contributed by atoms with Gasteiger partial charge < -0.3 is 18.6 Å². The summed E-state index contributed by atoms with van der Waals surface area (Å²) in [5.41, 5.74) is 24.1. The van der Waals surface area contributed by atoms with Gasteiger partial charge in [-0.3, -0.25) is 0 Å². The van der Waals surface area contributed by atoms with Crippen molar-refractivity contribution in [3.8, 4) is 22.5 Å². The van der Waals surface area contributed by atoms with E-state index in [1.54, 1.807) is 0 Å². The number of benzene rings is 7. The summed E-state index contributed by atoms with van der Waals surface area (Å²) in [6.45, 7) is 25.4. The van der Waals surface area contributed by atoms with E-state index in [9.17, 15) is 0 Å². The van der Waals surface area contributed by atoms with Gasteiger partial charge in [-0.2, -0.15) is 0 Å². The second-order valence-electron chi connectivity index (χ2n) is 21.3. The lowest BCUT2D eigenvalue weighted by Gasteiger charge is -2.44. The van der Waals surface area contributed by atoms with Gasteiger partial charge in [-0.15, -0.1) is 11.3 Å². The predicted octanol–water partition coefficient (Wildman–Crippen LogP) is 15.9. The van der Waals surface area contributed by atoms with Crippen LogP contribution < -0.4 is 26.2 Å². The first-order valence-electron chi connectivity index (χ1n) is 23.7. The van der Waals surface area contributed by atoms with Crippen LogP contribution in [0.2, 0.25) is 0 Å². The highest BCUT2D eigenvalue weighted by atomic mass is 32.1. The van der Waals surface area contributed by atoms with Crippen molar-refractivity contribution in [1.82, 2.24) is 0 Å². The minimum Gasteiger partial charge on any atom is -0.464 e. The van der Waals surface area contributed by atoms with E-state index < -0.39 is 0 Å². The Kier molecular flexibility index (Phi) is 9.09. The lowest BCUT2D eigenvalue weighted by molar-refractivity contribution is 0.589. The standard InChI is InChI=1S/C61H55BN2O2S/c1-34-24-49-56-50(25-34)64(58-35(2)26-41(27-36(58)3)53-31-40-16-12-14-18-51(40)66-53)59-55(45-32-42(60(6,7)8)21-23-54(45)67-59)62(56)47-22-20-39(46-33-65-52-19-15-13-17-44(46)52)30-48(47)63(49)57-37(4)28-43(29-38(57)5)61(9,10)11/h12-33H,1-11H3. The predicted molar refractivity (Wildman–Crippen MR) is 287 cm³/mol. The van der Waals surface area contributed by atoms with Crippen LogP contribution in [0.3, 0.4) is 0 Å². The van der Waals surface area contributed by atoms with E-state index >= 15 is 0 Å². The summed E-state index contributed by atoms with van der Waals surface area (Å²) in [4.78, 5) is 5.24. The molecule has 12 rings (SSSR count). The molecule has 0 bridgehead atoms. The molecule has 0 unspecified atom stereocenters. The van der Waals surface area contributed by atoms with Crippen molar-refractivity contribution in [2.45, 2.75) is 87.0 Å². The summed E-state index contributed by atoms with van der Waals surface area (Å²) in [5.74, 6) is 0.890. The number of para-hydroxylation sites is 2. The van der Waals surface area contributed by atoms with Crippen LogP contribution in [0.1, 0.15) is 80.5 Å². The molecule has 0 spiro atoms. The van der Waals surface area contributed by atoms with Gasteiger partial charge in [0.2, 0.25) is 0 Å². The quantitative estimate of drug-likeness (QED) is 0.165. The largest absolute Gasteiger partial charge is 0.464 e. The highest BCUT2D eigenvalue weighted by Crippen LogP contribution is 2.52. The zero-order valence-electron chi connectivity index (χ0n) is 40.4. The van der Waals surface area contributed by atoms with Gasteiger partial charge in [0.25, 0.3) is 6.71 Å². The molecule has 0 saturated heterocycles. The molecule has 6 heteroatoms. The number of hydrogen-bond acceptors (Lipinski definition) is 5. The molecule has 330 valence electrons. The van der Waals surface area contributed by atoms with Crippen LogP contribution in [0.5, 0.6) is 0 Å². The normalized spacial score (nSPS) is 13.5. The summed E-state index contributed by atoms with van der Waals surface area (Å²) in [5, 5.41) is 4.85. The number of anilines is 6. The Morgan fingerprint density at radius 2 is 1.16 bits per heavy atom. The van der Waals surface area contributed by atoms with Crippen LogP contribution in [0.4, 0.5) is 33.4 Å². The van der Waals surface area contributed by atoms with E-state index in [0.717, 1.165) is 44.4 Å². The Balaban J connectivity index is 1.17. The molecule has 5 heterocycles. The SMILES string of the molecule is Cc1cc2c3c(c1)N(c1c(C)cc(-c4cc5ccccc5o4)cc1C)c1sc4ccc(C(C)(C)C)cc4c1B3c1ccc(-c3coc4ccccc34)cc1N2c1c(C)cc(C(C)(C)C)cc1C. The van der Waals surface area contributed by atoms with Crippen molar-refractivity contribution < 1.29 is 8.83 Å². The number of hydrogen-bond donors (Lipinski definition) is 0. The maximum absolute atomic E-state index is 6.47. The molecule has 2 aliphatic heterocycles. The van der Waals surface area contributed by atoms with E-state index in [4.69, 9.17) is 8.83 Å². The molecule has 0 saturated carbocycles. The summed E-state index contributed by atoms with van der Waals surface area (Å²) in [7, 11) is 0. The van der Waals surface area contributed by atoms with E-state index in [1.165, 1.54) is 98.9 Å². The van der Waals surface area contributed by atoms with Crippen molar-refractivity contribution in [2.75, 3.05) is 9.80 Å². The lowest BCUT2D eigenvalue weighted by Crippen LogP contribution is -2.61. The van der Waals surface area contributed by atoms with Crippen LogP contribution in [-0.4, -0.2) is 6.71 Å².